The third kappa shape index (κ3) is 4.07. The van der Waals surface area contributed by atoms with Crippen LogP contribution in [-0.2, 0) is 16.9 Å². The van der Waals surface area contributed by atoms with Crippen molar-refractivity contribution in [2.45, 2.75) is 32.9 Å². The van der Waals surface area contributed by atoms with Crippen molar-refractivity contribution in [2.75, 3.05) is 5.32 Å². The van der Waals surface area contributed by atoms with Crippen LogP contribution in [0.15, 0.2) is 41.0 Å². The molecule has 1 heterocycles. The molecule has 112 valence electrons. The number of carbonyl (C=O) groups excluding carboxylic acids is 1. The molecule has 0 aliphatic carbocycles. The lowest BCUT2D eigenvalue weighted by molar-refractivity contribution is 0.154. The lowest BCUT2D eigenvalue weighted by atomic mass is 10.1. The molecule has 2 aromatic rings. The second kappa shape index (κ2) is 6.30. The van der Waals surface area contributed by atoms with Gasteiger partial charge in [0.15, 0.2) is 0 Å². The molecule has 0 aliphatic heterocycles. The van der Waals surface area contributed by atoms with E-state index in [9.17, 15) is 4.79 Å². The van der Waals surface area contributed by atoms with Crippen LogP contribution in [0.4, 0.5) is 10.6 Å². The van der Waals surface area contributed by atoms with Gasteiger partial charge in [-0.25, -0.2) is 9.48 Å². The fourth-order valence-electron chi connectivity index (χ4n) is 1.81. The van der Waals surface area contributed by atoms with E-state index in [4.69, 9.17) is 4.74 Å². The number of aromatic nitrogens is 2. The summed E-state index contributed by atoms with van der Waals surface area (Å²) < 4.78 is 7.67. The Labute approximate surface area is 132 Å². The van der Waals surface area contributed by atoms with Crippen LogP contribution in [0.5, 0.6) is 0 Å². The Bertz CT molecular complexity index is 618. The number of nitrogens with zero attached hydrogens (tertiary/aromatic N) is 2. The molecule has 0 saturated carbocycles. The second-order valence-electron chi connectivity index (χ2n) is 5.61. The minimum absolute atomic E-state index is 0.230. The lowest BCUT2D eigenvalue weighted by Crippen LogP contribution is -2.27. The zero-order valence-corrected chi connectivity index (χ0v) is 13.8. The number of benzene rings is 1. The second-order valence-corrected chi connectivity index (χ2v) is 6.46. The average Bonchev–Trinajstić information content (AvgIpc) is 2.79. The van der Waals surface area contributed by atoms with Crippen LogP contribution in [0.1, 0.15) is 26.3 Å². The van der Waals surface area contributed by atoms with E-state index in [1.807, 2.05) is 51.1 Å². The zero-order valence-electron chi connectivity index (χ0n) is 12.3. The Morgan fingerprint density at radius 3 is 2.62 bits per heavy atom. The molecule has 0 aliphatic rings. The number of hydrogen-bond acceptors (Lipinski definition) is 3. The number of ether oxygens (including phenoxy) is 1. The number of anilines is 1. The van der Waals surface area contributed by atoms with Gasteiger partial charge in [-0.3, -0.25) is 5.32 Å². The van der Waals surface area contributed by atoms with Gasteiger partial charge in [0.2, 0.25) is 0 Å². The number of rotatable bonds is 3. The quantitative estimate of drug-likeness (QED) is 0.903. The van der Waals surface area contributed by atoms with Crippen LogP contribution in [0.2, 0.25) is 0 Å². The number of halogens is 1. The number of nitrogens with one attached hydrogen (secondary N) is 1. The largest absolute Gasteiger partial charge is 0.444 e. The zero-order chi connectivity index (χ0) is 15.5. The molecule has 0 spiro atoms. The van der Waals surface area contributed by atoms with Crippen LogP contribution in [0.3, 0.4) is 0 Å². The van der Waals surface area contributed by atoms with Gasteiger partial charge in [-0.15, -0.1) is 0 Å². The fraction of sp³-hybridized carbons (Fsp3) is 0.333. The Morgan fingerprint density at radius 1 is 1.33 bits per heavy atom. The first-order chi connectivity index (χ1) is 9.88. The van der Waals surface area contributed by atoms with Crippen molar-refractivity contribution in [1.29, 1.82) is 0 Å². The van der Waals surface area contributed by atoms with Crippen LogP contribution in [-0.4, -0.2) is 15.9 Å². The monoisotopic (exact) mass is 351 g/mol. The first-order valence-electron chi connectivity index (χ1n) is 6.59. The molecule has 1 amide bonds. The number of carbonyl (C=O) groups is 1. The molecule has 0 bridgehead atoms. The van der Waals surface area contributed by atoms with Crippen molar-refractivity contribution in [3.8, 4) is 0 Å². The highest BCUT2D eigenvalue weighted by Crippen LogP contribution is 2.27. The maximum atomic E-state index is 11.9. The van der Waals surface area contributed by atoms with Crippen molar-refractivity contribution in [1.82, 2.24) is 9.78 Å². The Kier molecular flexibility index (Phi) is 4.67. The van der Waals surface area contributed by atoms with Crippen molar-refractivity contribution >= 4 is 27.8 Å². The molecular weight excluding hydrogens is 334 g/mol. The van der Waals surface area contributed by atoms with Crippen LogP contribution in [0, 0.1) is 0 Å². The molecule has 1 aromatic heterocycles. The molecule has 1 N–H and O–H groups in total. The molecule has 2 rings (SSSR count). The van der Waals surface area contributed by atoms with E-state index in [-0.39, 0.29) is 12.1 Å². The predicted molar refractivity (Wildman–Crippen MR) is 85.2 cm³/mol. The minimum atomic E-state index is -0.509. The number of hydrogen-bond donors (Lipinski definition) is 1. The maximum Gasteiger partial charge on any atom is 0.413 e. The summed E-state index contributed by atoms with van der Waals surface area (Å²) in [6.45, 7) is 6.25. The normalized spacial score (nSPS) is 11.2. The van der Waals surface area contributed by atoms with E-state index >= 15 is 0 Å². The van der Waals surface area contributed by atoms with Gasteiger partial charge in [0.25, 0.3) is 0 Å². The summed E-state index contributed by atoms with van der Waals surface area (Å²) in [4.78, 5) is 11.9. The summed E-state index contributed by atoms with van der Waals surface area (Å²) in [5, 5.41) is 6.99. The van der Waals surface area contributed by atoms with E-state index in [0.29, 0.717) is 10.3 Å². The van der Waals surface area contributed by atoms with Crippen molar-refractivity contribution < 1.29 is 9.53 Å². The fourth-order valence-corrected chi connectivity index (χ4v) is 2.16. The van der Waals surface area contributed by atoms with Crippen LogP contribution >= 0.6 is 15.9 Å². The standard InChI is InChI=1S/C15H18BrN3O2/c1-15(2,3)19-13(12(16)9-17-19)18-14(20)21-10-11-7-5-4-6-8-11/h4-9H,10H2,1-3H3,(H,18,20). The molecule has 0 fully saturated rings. The lowest BCUT2D eigenvalue weighted by Gasteiger charge is -2.22. The van der Waals surface area contributed by atoms with Gasteiger partial charge in [-0.05, 0) is 42.3 Å². The molecule has 0 unspecified atom stereocenters. The van der Waals surface area contributed by atoms with E-state index < -0.39 is 6.09 Å². The Morgan fingerprint density at radius 2 is 2.00 bits per heavy atom. The minimum Gasteiger partial charge on any atom is -0.444 e. The molecular formula is C15H18BrN3O2. The first-order valence-corrected chi connectivity index (χ1v) is 7.39. The molecule has 6 heteroatoms. The van der Waals surface area contributed by atoms with Gasteiger partial charge in [-0.1, -0.05) is 30.3 Å². The van der Waals surface area contributed by atoms with Gasteiger partial charge in [-0.2, -0.15) is 5.10 Å². The molecule has 0 atom stereocenters. The van der Waals surface area contributed by atoms with Crippen LogP contribution in [0.25, 0.3) is 0 Å². The maximum absolute atomic E-state index is 11.9. The molecule has 21 heavy (non-hydrogen) atoms. The number of amides is 1. The molecule has 5 nitrogen and oxygen atoms in total. The van der Waals surface area contributed by atoms with E-state index in [0.717, 1.165) is 5.56 Å². The summed E-state index contributed by atoms with van der Waals surface area (Å²) in [7, 11) is 0. The van der Waals surface area contributed by atoms with Gasteiger partial charge < -0.3 is 4.74 Å². The average molecular weight is 352 g/mol. The summed E-state index contributed by atoms with van der Waals surface area (Å²) in [5.41, 5.74) is 0.699. The highest BCUT2D eigenvalue weighted by atomic mass is 79.9. The third-order valence-electron chi connectivity index (χ3n) is 2.79. The van der Waals surface area contributed by atoms with Gasteiger partial charge in [0.1, 0.15) is 12.4 Å². The van der Waals surface area contributed by atoms with Crippen LogP contribution < -0.4 is 5.32 Å². The smallest absolute Gasteiger partial charge is 0.413 e. The van der Waals surface area contributed by atoms with E-state index in [2.05, 4.69) is 26.3 Å². The van der Waals surface area contributed by atoms with Gasteiger partial charge >= 0.3 is 6.09 Å². The highest BCUT2D eigenvalue weighted by Gasteiger charge is 2.21. The Hall–Kier alpha value is -1.82. The highest BCUT2D eigenvalue weighted by molar-refractivity contribution is 9.10. The molecule has 0 saturated heterocycles. The topological polar surface area (TPSA) is 56.2 Å². The van der Waals surface area contributed by atoms with E-state index in [1.165, 1.54) is 0 Å². The van der Waals surface area contributed by atoms with Gasteiger partial charge in [0, 0.05) is 0 Å². The predicted octanol–water partition coefficient (Wildman–Crippen LogP) is 4.15. The third-order valence-corrected chi connectivity index (χ3v) is 3.37. The van der Waals surface area contributed by atoms with Crippen molar-refractivity contribution in [2.24, 2.45) is 0 Å². The molecule has 0 radical (unpaired) electrons. The van der Waals surface area contributed by atoms with Crippen molar-refractivity contribution in [3.63, 3.8) is 0 Å². The van der Waals surface area contributed by atoms with E-state index in [1.54, 1.807) is 10.9 Å². The Balaban J connectivity index is 2.02. The summed E-state index contributed by atoms with van der Waals surface area (Å²) in [6.07, 6.45) is 1.14. The molecule has 1 aromatic carbocycles. The van der Waals surface area contributed by atoms with Crippen molar-refractivity contribution in [3.05, 3.63) is 46.6 Å². The summed E-state index contributed by atoms with van der Waals surface area (Å²) >= 11 is 3.38. The SMILES string of the molecule is CC(C)(C)n1ncc(Br)c1NC(=O)OCc1ccccc1. The summed E-state index contributed by atoms with van der Waals surface area (Å²) in [5.74, 6) is 0.584. The van der Waals surface area contributed by atoms with Gasteiger partial charge in [0.05, 0.1) is 16.2 Å². The first kappa shape index (κ1) is 15.6. The summed E-state index contributed by atoms with van der Waals surface area (Å²) in [6, 6.07) is 9.54.